The van der Waals surface area contributed by atoms with E-state index in [-0.39, 0.29) is 0 Å². The van der Waals surface area contributed by atoms with Crippen molar-refractivity contribution in [3.05, 3.63) is 34.0 Å². The van der Waals surface area contributed by atoms with Gasteiger partial charge in [-0.2, -0.15) is 0 Å². The molecule has 0 fully saturated rings. The van der Waals surface area contributed by atoms with Gasteiger partial charge in [0.05, 0.1) is 5.39 Å². The van der Waals surface area contributed by atoms with Crippen LogP contribution < -0.4 is 5.73 Å². The van der Waals surface area contributed by atoms with Crippen molar-refractivity contribution in [2.45, 2.75) is 27.7 Å². The summed E-state index contributed by atoms with van der Waals surface area (Å²) in [6.45, 7) is 8.09. The summed E-state index contributed by atoms with van der Waals surface area (Å²) in [7, 11) is 0. The number of aromatic nitrogens is 3. The number of pyridine rings is 1. The summed E-state index contributed by atoms with van der Waals surface area (Å²) in [6, 6.07) is 3.97. The van der Waals surface area contributed by atoms with Crippen LogP contribution in [0.15, 0.2) is 12.1 Å². The molecule has 0 aliphatic carbocycles. The Hall–Kier alpha value is -2.01. The van der Waals surface area contributed by atoms with Crippen LogP contribution in [-0.2, 0) is 0 Å². The Labute approximate surface area is 121 Å². The van der Waals surface area contributed by atoms with E-state index in [4.69, 9.17) is 5.73 Å². The number of nitrogens with two attached hydrogens (primary N) is 1. The highest BCUT2D eigenvalue weighted by Gasteiger charge is 2.14. The summed E-state index contributed by atoms with van der Waals surface area (Å²) in [5.74, 6) is 1.23. The standard InChI is InChI=1S/C15H16N4S/c1-7-5-11(6-8(2)17-7)14-18-13(16)12-9(3)10(4)20-15(12)19-14/h5-6H,1-4H3,(H2,16,18,19). The normalized spacial score (nSPS) is 11.2. The first kappa shape index (κ1) is 13.0. The predicted octanol–water partition coefficient (Wildman–Crippen LogP) is 3.57. The van der Waals surface area contributed by atoms with Gasteiger partial charge in [-0.1, -0.05) is 0 Å². The van der Waals surface area contributed by atoms with E-state index in [1.165, 1.54) is 10.4 Å². The summed E-state index contributed by atoms with van der Waals surface area (Å²) in [5.41, 5.74) is 10.2. The number of hydrogen-bond donors (Lipinski definition) is 1. The van der Waals surface area contributed by atoms with E-state index < -0.39 is 0 Å². The Balaban J connectivity index is 2.27. The van der Waals surface area contributed by atoms with E-state index >= 15 is 0 Å². The predicted molar refractivity (Wildman–Crippen MR) is 84.0 cm³/mol. The monoisotopic (exact) mass is 284 g/mol. The third kappa shape index (κ3) is 2.04. The zero-order valence-corrected chi connectivity index (χ0v) is 12.8. The lowest BCUT2D eigenvalue weighted by molar-refractivity contribution is 1.11. The van der Waals surface area contributed by atoms with Crippen LogP contribution >= 0.6 is 11.3 Å². The van der Waals surface area contributed by atoms with Gasteiger partial charge in [-0.3, -0.25) is 4.98 Å². The number of anilines is 1. The molecule has 20 heavy (non-hydrogen) atoms. The molecular weight excluding hydrogens is 268 g/mol. The van der Waals surface area contributed by atoms with Crippen molar-refractivity contribution < 1.29 is 0 Å². The van der Waals surface area contributed by atoms with Gasteiger partial charge < -0.3 is 5.73 Å². The minimum absolute atomic E-state index is 0.555. The van der Waals surface area contributed by atoms with Crippen molar-refractivity contribution in [1.29, 1.82) is 0 Å². The molecule has 0 bridgehead atoms. The van der Waals surface area contributed by atoms with Gasteiger partial charge in [0.15, 0.2) is 5.82 Å². The highest BCUT2D eigenvalue weighted by atomic mass is 32.1. The van der Waals surface area contributed by atoms with E-state index in [1.54, 1.807) is 11.3 Å². The maximum atomic E-state index is 6.12. The Morgan fingerprint density at radius 1 is 0.950 bits per heavy atom. The number of fused-ring (bicyclic) bond motifs is 1. The summed E-state index contributed by atoms with van der Waals surface area (Å²) in [5, 5.41) is 0.985. The van der Waals surface area contributed by atoms with Crippen molar-refractivity contribution in [3.8, 4) is 11.4 Å². The maximum absolute atomic E-state index is 6.12. The van der Waals surface area contributed by atoms with E-state index in [0.717, 1.165) is 27.2 Å². The average molecular weight is 284 g/mol. The van der Waals surface area contributed by atoms with Crippen molar-refractivity contribution in [2.75, 3.05) is 5.73 Å². The second kappa shape index (κ2) is 4.52. The molecule has 0 unspecified atom stereocenters. The van der Waals surface area contributed by atoms with E-state index in [1.807, 2.05) is 26.0 Å². The topological polar surface area (TPSA) is 64.7 Å². The van der Waals surface area contributed by atoms with Crippen LogP contribution in [0.1, 0.15) is 21.8 Å². The summed E-state index contributed by atoms with van der Waals surface area (Å²) < 4.78 is 0. The lowest BCUT2D eigenvalue weighted by atomic mass is 10.1. The Morgan fingerprint density at radius 3 is 2.25 bits per heavy atom. The van der Waals surface area contributed by atoms with Crippen LogP contribution in [0.2, 0.25) is 0 Å². The fourth-order valence-corrected chi connectivity index (χ4v) is 3.41. The first-order chi connectivity index (χ1) is 9.45. The number of hydrogen-bond acceptors (Lipinski definition) is 5. The van der Waals surface area contributed by atoms with Crippen LogP contribution in [-0.4, -0.2) is 15.0 Å². The van der Waals surface area contributed by atoms with Gasteiger partial charge in [-0.05, 0) is 45.4 Å². The molecule has 0 saturated carbocycles. The van der Waals surface area contributed by atoms with Gasteiger partial charge in [0.25, 0.3) is 0 Å². The molecule has 0 atom stereocenters. The zero-order chi connectivity index (χ0) is 14.4. The van der Waals surface area contributed by atoms with Crippen molar-refractivity contribution >= 4 is 27.4 Å². The van der Waals surface area contributed by atoms with Crippen LogP contribution in [0.25, 0.3) is 21.6 Å². The molecule has 3 aromatic heterocycles. The Morgan fingerprint density at radius 2 is 1.60 bits per heavy atom. The van der Waals surface area contributed by atoms with Gasteiger partial charge in [0, 0.05) is 21.8 Å². The summed E-state index contributed by atoms with van der Waals surface area (Å²) in [6.07, 6.45) is 0. The van der Waals surface area contributed by atoms with Gasteiger partial charge in [-0.25, -0.2) is 9.97 Å². The average Bonchev–Trinajstić information content (AvgIpc) is 2.64. The smallest absolute Gasteiger partial charge is 0.163 e. The van der Waals surface area contributed by atoms with Crippen molar-refractivity contribution in [3.63, 3.8) is 0 Å². The molecule has 0 aliphatic heterocycles. The first-order valence-electron chi connectivity index (χ1n) is 6.44. The summed E-state index contributed by atoms with van der Waals surface area (Å²) >= 11 is 1.66. The van der Waals surface area contributed by atoms with Gasteiger partial charge in [-0.15, -0.1) is 11.3 Å². The van der Waals surface area contributed by atoms with E-state index in [2.05, 4.69) is 28.8 Å². The molecule has 0 amide bonds. The number of thiophene rings is 1. The maximum Gasteiger partial charge on any atom is 0.163 e. The molecule has 5 heteroatoms. The largest absolute Gasteiger partial charge is 0.383 e. The quantitative estimate of drug-likeness (QED) is 0.742. The molecule has 0 saturated heterocycles. The Kier molecular flexibility index (Phi) is 2.94. The third-order valence-electron chi connectivity index (χ3n) is 3.40. The molecule has 102 valence electrons. The lowest BCUT2D eigenvalue weighted by Crippen LogP contribution is -1.98. The second-order valence-corrected chi connectivity index (χ2v) is 6.24. The molecule has 3 heterocycles. The molecule has 0 spiro atoms. The Bertz CT molecular complexity index is 800. The van der Waals surface area contributed by atoms with E-state index in [0.29, 0.717) is 11.6 Å². The minimum Gasteiger partial charge on any atom is -0.383 e. The summed E-state index contributed by atoms with van der Waals surface area (Å²) in [4.78, 5) is 15.7. The second-order valence-electron chi connectivity index (χ2n) is 5.03. The molecule has 4 nitrogen and oxygen atoms in total. The highest BCUT2D eigenvalue weighted by Crippen LogP contribution is 2.33. The number of rotatable bonds is 1. The number of nitrogens with zero attached hydrogens (tertiary/aromatic N) is 3. The molecule has 0 aliphatic rings. The lowest BCUT2D eigenvalue weighted by Gasteiger charge is -2.05. The van der Waals surface area contributed by atoms with E-state index in [9.17, 15) is 0 Å². The molecule has 3 rings (SSSR count). The third-order valence-corrected chi connectivity index (χ3v) is 4.50. The highest BCUT2D eigenvalue weighted by molar-refractivity contribution is 7.18. The molecule has 2 N–H and O–H groups in total. The fourth-order valence-electron chi connectivity index (χ4n) is 2.37. The molecular formula is C15H16N4S. The van der Waals surface area contributed by atoms with Crippen LogP contribution in [0.3, 0.4) is 0 Å². The van der Waals surface area contributed by atoms with Crippen molar-refractivity contribution in [2.24, 2.45) is 0 Å². The molecule has 3 aromatic rings. The fraction of sp³-hybridized carbons (Fsp3) is 0.267. The molecule has 0 aromatic carbocycles. The molecule has 0 radical (unpaired) electrons. The van der Waals surface area contributed by atoms with Gasteiger partial charge >= 0.3 is 0 Å². The van der Waals surface area contributed by atoms with Crippen LogP contribution in [0.4, 0.5) is 5.82 Å². The van der Waals surface area contributed by atoms with Crippen LogP contribution in [0, 0.1) is 27.7 Å². The SMILES string of the molecule is Cc1cc(-c2nc(N)c3c(C)c(C)sc3n2)cc(C)n1. The minimum atomic E-state index is 0.555. The van der Waals surface area contributed by atoms with Gasteiger partial charge in [0.2, 0.25) is 0 Å². The number of aryl methyl sites for hydroxylation is 4. The van der Waals surface area contributed by atoms with Crippen molar-refractivity contribution in [1.82, 2.24) is 15.0 Å². The van der Waals surface area contributed by atoms with Gasteiger partial charge in [0.1, 0.15) is 10.6 Å². The number of nitrogen functional groups attached to an aromatic ring is 1. The first-order valence-corrected chi connectivity index (χ1v) is 7.26. The zero-order valence-electron chi connectivity index (χ0n) is 12.0. The van der Waals surface area contributed by atoms with Crippen LogP contribution in [0.5, 0.6) is 0 Å².